The third-order valence-electron chi connectivity index (χ3n) is 4.77. The van der Waals surface area contributed by atoms with Crippen molar-refractivity contribution in [1.82, 2.24) is 0 Å². The maximum Gasteiger partial charge on any atom is 0.344 e. The van der Waals surface area contributed by atoms with Crippen LogP contribution in [0.5, 0.6) is 0 Å². The van der Waals surface area contributed by atoms with Gasteiger partial charge in [-0.1, -0.05) is 54.6 Å². The van der Waals surface area contributed by atoms with Crippen molar-refractivity contribution < 1.29 is 23.9 Å². The van der Waals surface area contributed by atoms with Crippen molar-refractivity contribution in [1.29, 1.82) is 0 Å². The summed E-state index contributed by atoms with van der Waals surface area (Å²) in [6.07, 6.45) is 8.49. The predicted molar refractivity (Wildman–Crippen MR) is 114 cm³/mol. The molecule has 2 aromatic rings. The van der Waals surface area contributed by atoms with Crippen molar-refractivity contribution in [2.75, 3.05) is 11.9 Å². The molecule has 0 saturated heterocycles. The summed E-state index contributed by atoms with van der Waals surface area (Å²) < 4.78 is 10.6. The van der Waals surface area contributed by atoms with Gasteiger partial charge in [-0.15, -0.1) is 11.3 Å². The average molecular weight is 421 g/mol. The minimum Gasteiger partial charge on any atom is -0.462 e. The molecule has 2 unspecified atom stereocenters. The van der Waals surface area contributed by atoms with Crippen molar-refractivity contribution in [3.05, 3.63) is 77.2 Å². The Morgan fingerprint density at radius 1 is 1.17 bits per heavy atom. The zero-order chi connectivity index (χ0) is 21.1. The van der Waals surface area contributed by atoms with Crippen molar-refractivity contribution in [3.63, 3.8) is 0 Å². The van der Waals surface area contributed by atoms with Gasteiger partial charge >= 0.3 is 11.9 Å². The number of amides is 1. The number of hydrogen-bond donors (Lipinski definition) is 1. The largest absolute Gasteiger partial charge is 0.462 e. The van der Waals surface area contributed by atoms with E-state index in [4.69, 9.17) is 9.47 Å². The molecule has 1 amide bonds. The smallest absolute Gasteiger partial charge is 0.344 e. The van der Waals surface area contributed by atoms with Gasteiger partial charge in [0.1, 0.15) is 22.2 Å². The Bertz CT molecular complexity index is 1080. The van der Waals surface area contributed by atoms with E-state index in [1.807, 2.05) is 42.5 Å². The predicted octanol–water partition coefficient (Wildman–Crippen LogP) is 4.12. The number of ether oxygens (including phenoxy) is 2. The summed E-state index contributed by atoms with van der Waals surface area (Å²) in [5.41, 5.74) is 1.68. The normalized spacial score (nSPS) is 19.5. The molecule has 0 radical (unpaired) electrons. The molecule has 1 aliphatic carbocycles. The van der Waals surface area contributed by atoms with Crippen LogP contribution in [0.25, 0.3) is 11.1 Å². The molecule has 0 saturated carbocycles. The summed E-state index contributed by atoms with van der Waals surface area (Å²) in [5.74, 6) is -2.03. The zero-order valence-electron chi connectivity index (χ0n) is 16.2. The number of carbonyl (C=O) groups excluding carboxylic acids is 3. The molecule has 7 heteroatoms. The maximum atomic E-state index is 12.9. The van der Waals surface area contributed by atoms with E-state index >= 15 is 0 Å². The van der Waals surface area contributed by atoms with Crippen LogP contribution in [0.15, 0.2) is 71.7 Å². The van der Waals surface area contributed by atoms with Crippen molar-refractivity contribution in [2.24, 2.45) is 5.92 Å². The van der Waals surface area contributed by atoms with Gasteiger partial charge in [-0.25, -0.2) is 9.59 Å². The van der Waals surface area contributed by atoms with E-state index in [2.05, 4.69) is 5.32 Å². The first kappa shape index (κ1) is 19.8. The molecule has 6 nitrogen and oxygen atoms in total. The summed E-state index contributed by atoms with van der Waals surface area (Å²) in [6, 6.07) is 9.37. The molecule has 1 aliphatic heterocycles. The number of allylic oxidation sites excluding steroid dienone is 2. The van der Waals surface area contributed by atoms with Gasteiger partial charge in [0, 0.05) is 16.9 Å². The number of anilines is 1. The minimum absolute atomic E-state index is 0.0827. The molecule has 152 valence electrons. The molecule has 30 heavy (non-hydrogen) atoms. The van der Waals surface area contributed by atoms with Gasteiger partial charge in [0.15, 0.2) is 0 Å². The van der Waals surface area contributed by atoms with Gasteiger partial charge in [0.05, 0.1) is 6.61 Å². The number of fused-ring (bicyclic) bond motifs is 1. The molecule has 0 bridgehead atoms. The fraction of sp³-hybridized carbons (Fsp3) is 0.174. The van der Waals surface area contributed by atoms with Crippen LogP contribution in [0.2, 0.25) is 0 Å². The average Bonchev–Trinajstić information content (AvgIpc) is 3.17. The second-order valence-electron chi connectivity index (χ2n) is 6.69. The zero-order valence-corrected chi connectivity index (χ0v) is 17.0. The third-order valence-corrected chi connectivity index (χ3v) is 5.67. The van der Waals surface area contributed by atoms with Gasteiger partial charge in [-0.05, 0) is 18.6 Å². The monoisotopic (exact) mass is 421 g/mol. The first-order valence-electron chi connectivity index (χ1n) is 9.51. The molecule has 1 aromatic carbocycles. The minimum atomic E-state index is -0.689. The maximum absolute atomic E-state index is 12.9. The van der Waals surface area contributed by atoms with Crippen LogP contribution in [-0.4, -0.2) is 30.6 Å². The van der Waals surface area contributed by atoms with Crippen molar-refractivity contribution in [2.45, 2.75) is 13.0 Å². The summed E-state index contributed by atoms with van der Waals surface area (Å²) >= 11 is 1.20. The highest BCUT2D eigenvalue weighted by molar-refractivity contribution is 7.15. The molecular formula is C23H19NO5S. The number of carbonyl (C=O) groups is 3. The number of nitrogens with one attached hydrogen (secondary N) is 1. The molecule has 0 spiro atoms. The summed E-state index contributed by atoms with van der Waals surface area (Å²) in [4.78, 5) is 37.8. The number of thiophene rings is 1. The van der Waals surface area contributed by atoms with E-state index < -0.39 is 23.9 Å². The second-order valence-corrected chi connectivity index (χ2v) is 7.57. The molecule has 4 rings (SSSR count). The lowest BCUT2D eigenvalue weighted by atomic mass is 9.92. The second kappa shape index (κ2) is 8.51. The van der Waals surface area contributed by atoms with E-state index in [0.717, 1.165) is 5.56 Å². The Labute approximate surface area is 177 Å². The van der Waals surface area contributed by atoms with Crippen molar-refractivity contribution in [3.8, 4) is 11.1 Å². The fourth-order valence-electron chi connectivity index (χ4n) is 3.34. The van der Waals surface area contributed by atoms with E-state index in [1.54, 1.807) is 30.5 Å². The summed E-state index contributed by atoms with van der Waals surface area (Å²) in [5, 5.41) is 4.82. The van der Waals surface area contributed by atoms with Crippen LogP contribution in [0.4, 0.5) is 5.00 Å². The number of benzene rings is 1. The van der Waals surface area contributed by atoms with Gasteiger partial charge in [-0.2, -0.15) is 0 Å². The SMILES string of the molecule is CCOC(=O)c1c(-c2ccccc2)csc1NC(=O)C1=CC2C=CC=CC2OC1=O. The molecule has 1 N–H and O–H groups in total. The summed E-state index contributed by atoms with van der Waals surface area (Å²) in [6.45, 7) is 1.92. The van der Waals surface area contributed by atoms with Crippen LogP contribution in [-0.2, 0) is 19.1 Å². The molecule has 1 aromatic heterocycles. The first-order valence-corrected chi connectivity index (χ1v) is 10.4. The molecule has 2 heterocycles. The topological polar surface area (TPSA) is 81.7 Å². The fourth-order valence-corrected chi connectivity index (χ4v) is 4.30. The van der Waals surface area contributed by atoms with Crippen molar-refractivity contribution >= 4 is 34.2 Å². The lowest BCUT2D eigenvalue weighted by molar-refractivity contribution is -0.145. The van der Waals surface area contributed by atoms with Crippen LogP contribution in [0, 0.1) is 5.92 Å². The Morgan fingerprint density at radius 3 is 2.70 bits per heavy atom. The van der Waals surface area contributed by atoms with Crippen LogP contribution < -0.4 is 5.32 Å². The van der Waals surface area contributed by atoms with E-state index in [1.165, 1.54) is 11.3 Å². The molecule has 0 fully saturated rings. The number of rotatable bonds is 5. The molecule has 2 aliphatic rings. The highest BCUT2D eigenvalue weighted by Gasteiger charge is 2.33. The lowest BCUT2D eigenvalue weighted by Crippen LogP contribution is -2.34. The standard InChI is InChI=1S/C23H19NO5S/c1-2-28-23(27)19-17(14-8-4-3-5-9-14)13-30-21(19)24-20(25)16-12-15-10-6-7-11-18(15)29-22(16)26/h3-13,15,18H,2H2,1H3,(H,24,25). The number of hydrogen-bond acceptors (Lipinski definition) is 6. The first-order chi connectivity index (χ1) is 14.6. The Kier molecular flexibility index (Phi) is 5.63. The highest BCUT2D eigenvalue weighted by Crippen LogP contribution is 2.37. The molecular weight excluding hydrogens is 402 g/mol. The number of esters is 2. The van der Waals surface area contributed by atoms with Gasteiger partial charge in [-0.3, -0.25) is 4.79 Å². The lowest BCUT2D eigenvalue weighted by Gasteiger charge is -2.27. The van der Waals surface area contributed by atoms with E-state index in [0.29, 0.717) is 10.6 Å². The molecule has 2 atom stereocenters. The van der Waals surface area contributed by atoms with Gasteiger partial charge in [0.2, 0.25) is 0 Å². The Hall–Kier alpha value is -3.45. The van der Waals surface area contributed by atoms with Gasteiger partial charge < -0.3 is 14.8 Å². The summed E-state index contributed by atoms with van der Waals surface area (Å²) in [7, 11) is 0. The van der Waals surface area contributed by atoms with E-state index in [9.17, 15) is 14.4 Å². The third kappa shape index (κ3) is 3.84. The Morgan fingerprint density at radius 2 is 1.93 bits per heavy atom. The Balaban J connectivity index is 1.65. The van der Waals surface area contributed by atoms with Crippen LogP contribution in [0.3, 0.4) is 0 Å². The quantitative estimate of drug-likeness (QED) is 0.580. The van der Waals surface area contributed by atoms with E-state index in [-0.39, 0.29) is 23.7 Å². The highest BCUT2D eigenvalue weighted by atomic mass is 32.1. The van der Waals surface area contributed by atoms with Gasteiger partial charge in [0.25, 0.3) is 5.91 Å². The van der Waals surface area contributed by atoms with Crippen LogP contribution in [0.1, 0.15) is 17.3 Å². The van der Waals surface area contributed by atoms with Crippen LogP contribution >= 0.6 is 11.3 Å².